The van der Waals surface area contributed by atoms with Crippen LogP contribution in [0.3, 0.4) is 0 Å². The Kier molecular flexibility index (Phi) is 4.35. The highest BCUT2D eigenvalue weighted by Crippen LogP contribution is 2.44. The highest BCUT2D eigenvalue weighted by molar-refractivity contribution is 7.25. The van der Waals surface area contributed by atoms with Gasteiger partial charge in [0.2, 0.25) is 0 Å². The molecule has 2 aliphatic rings. The number of benzene rings is 5. The Hall–Kier alpha value is -4.60. The molecule has 2 nitrogen and oxygen atoms in total. The molecule has 0 N–H and O–H groups in total. The normalized spacial score (nSPS) is 18.0. The second-order valence-electron chi connectivity index (χ2n) is 10.5. The van der Waals surface area contributed by atoms with Gasteiger partial charge < -0.3 is 9.30 Å². The minimum Gasteiger partial charge on any atom is -0.485 e. The Morgan fingerprint density at radius 1 is 0.641 bits per heavy atom. The van der Waals surface area contributed by atoms with Crippen molar-refractivity contribution in [3.63, 3.8) is 0 Å². The number of ether oxygens (including phenoxy) is 1. The summed E-state index contributed by atoms with van der Waals surface area (Å²) in [5.41, 5.74) is 7.49. The zero-order valence-electron chi connectivity index (χ0n) is 21.0. The first kappa shape index (κ1) is 21.3. The van der Waals surface area contributed by atoms with Crippen molar-refractivity contribution in [3.05, 3.63) is 139 Å². The van der Waals surface area contributed by atoms with Crippen LogP contribution < -0.4 is 4.74 Å². The second-order valence-corrected chi connectivity index (χ2v) is 11.6. The lowest BCUT2D eigenvalue weighted by atomic mass is 9.87. The summed E-state index contributed by atoms with van der Waals surface area (Å²) in [6, 6.07) is 39.7. The third kappa shape index (κ3) is 3.08. The van der Waals surface area contributed by atoms with Gasteiger partial charge in [0.15, 0.2) is 0 Å². The van der Waals surface area contributed by atoms with E-state index >= 15 is 0 Å². The van der Waals surface area contributed by atoms with Gasteiger partial charge in [-0.25, -0.2) is 0 Å². The average Bonchev–Trinajstić information content (AvgIpc) is 3.65. The molecule has 5 aromatic carbocycles. The first-order valence-corrected chi connectivity index (χ1v) is 14.2. The summed E-state index contributed by atoms with van der Waals surface area (Å²) in [6.45, 7) is 0. The van der Waals surface area contributed by atoms with Crippen LogP contribution in [0.2, 0.25) is 0 Å². The van der Waals surface area contributed by atoms with E-state index in [-0.39, 0.29) is 12.0 Å². The van der Waals surface area contributed by atoms with Crippen LogP contribution in [0.25, 0.3) is 53.2 Å². The summed E-state index contributed by atoms with van der Waals surface area (Å²) in [7, 11) is 0. The van der Waals surface area contributed by atoms with E-state index in [2.05, 4.69) is 126 Å². The van der Waals surface area contributed by atoms with Gasteiger partial charge in [-0.3, -0.25) is 0 Å². The topological polar surface area (TPSA) is 14.2 Å². The number of aromatic nitrogens is 1. The Balaban J connectivity index is 1.17. The summed E-state index contributed by atoms with van der Waals surface area (Å²) < 4.78 is 11.2. The number of para-hydroxylation sites is 3. The van der Waals surface area contributed by atoms with Crippen molar-refractivity contribution in [2.24, 2.45) is 0 Å². The van der Waals surface area contributed by atoms with Gasteiger partial charge in [-0.1, -0.05) is 78.9 Å². The summed E-state index contributed by atoms with van der Waals surface area (Å²) in [4.78, 5) is 0. The number of hydrogen-bond donors (Lipinski definition) is 0. The predicted molar refractivity (Wildman–Crippen MR) is 164 cm³/mol. The highest BCUT2D eigenvalue weighted by atomic mass is 32.1. The first-order chi connectivity index (χ1) is 19.3. The molecule has 0 amide bonds. The molecule has 39 heavy (non-hydrogen) atoms. The summed E-state index contributed by atoms with van der Waals surface area (Å²) >= 11 is 1.88. The lowest BCUT2D eigenvalue weighted by Crippen LogP contribution is -2.16. The van der Waals surface area contributed by atoms with Gasteiger partial charge in [0, 0.05) is 48.1 Å². The smallest absolute Gasteiger partial charge is 0.128 e. The number of rotatable bonds is 2. The van der Waals surface area contributed by atoms with E-state index in [0.29, 0.717) is 0 Å². The van der Waals surface area contributed by atoms with Crippen LogP contribution in [-0.2, 0) is 0 Å². The van der Waals surface area contributed by atoms with Gasteiger partial charge in [0.1, 0.15) is 11.9 Å². The van der Waals surface area contributed by atoms with Crippen LogP contribution in [0, 0.1) is 0 Å². The van der Waals surface area contributed by atoms with Crippen LogP contribution in [-0.4, -0.2) is 10.7 Å². The third-order valence-corrected chi connectivity index (χ3v) is 9.48. The zero-order chi connectivity index (χ0) is 25.5. The SMILES string of the molecule is C1=CC2Oc3ccccc3C2C=C1c1ccc2c(c1)sc1ccc(-n3c4ccccc4c4ccccc43)cc12. The molecule has 0 saturated heterocycles. The molecule has 3 heterocycles. The number of hydrogen-bond acceptors (Lipinski definition) is 2. The van der Waals surface area contributed by atoms with Crippen molar-refractivity contribution >= 4 is 58.9 Å². The molecule has 0 saturated carbocycles. The van der Waals surface area contributed by atoms with E-state index in [1.54, 1.807) is 0 Å². The third-order valence-electron chi connectivity index (χ3n) is 8.35. The van der Waals surface area contributed by atoms with Gasteiger partial charge in [-0.05, 0) is 59.7 Å². The molecule has 3 heteroatoms. The van der Waals surface area contributed by atoms with Crippen molar-refractivity contribution in [2.75, 3.05) is 0 Å². The molecular formula is C36H23NOS. The molecule has 2 atom stereocenters. The van der Waals surface area contributed by atoms with Gasteiger partial charge in [0.05, 0.1) is 11.0 Å². The Bertz CT molecular complexity index is 2120. The van der Waals surface area contributed by atoms with Gasteiger partial charge >= 0.3 is 0 Å². The fraction of sp³-hybridized carbons (Fsp3) is 0.0556. The minimum absolute atomic E-state index is 0.0958. The second kappa shape index (κ2) is 7.95. The van der Waals surface area contributed by atoms with E-state index in [9.17, 15) is 0 Å². The fourth-order valence-corrected chi connectivity index (χ4v) is 7.65. The van der Waals surface area contributed by atoms with Crippen molar-refractivity contribution in [2.45, 2.75) is 12.0 Å². The monoisotopic (exact) mass is 517 g/mol. The van der Waals surface area contributed by atoms with E-state index in [4.69, 9.17) is 4.74 Å². The van der Waals surface area contributed by atoms with Gasteiger partial charge in [0.25, 0.3) is 0 Å². The average molecular weight is 518 g/mol. The maximum atomic E-state index is 6.17. The van der Waals surface area contributed by atoms with Crippen LogP contribution in [0.4, 0.5) is 0 Å². The quantitative estimate of drug-likeness (QED) is 0.223. The largest absolute Gasteiger partial charge is 0.485 e. The minimum atomic E-state index is 0.0958. The fourth-order valence-electron chi connectivity index (χ4n) is 6.53. The molecule has 2 unspecified atom stereocenters. The molecule has 7 aromatic rings. The van der Waals surface area contributed by atoms with E-state index < -0.39 is 0 Å². The van der Waals surface area contributed by atoms with Gasteiger partial charge in [-0.2, -0.15) is 0 Å². The molecule has 9 rings (SSSR count). The standard InChI is InChI=1S/C36H23NOS/c1-4-10-31-25(7-1)26-8-2-5-11-32(26)37(31)24-15-18-35-30(21-24)28-16-13-23(20-36(28)39-35)22-14-17-34-29(19-22)27-9-3-6-12-33(27)38-34/h1-21,29,34H. The Morgan fingerprint density at radius 3 is 2.26 bits per heavy atom. The van der Waals surface area contributed by atoms with Gasteiger partial charge in [-0.15, -0.1) is 11.3 Å². The van der Waals surface area contributed by atoms with Crippen LogP contribution in [0.15, 0.2) is 127 Å². The van der Waals surface area contributed by atoms with Crippen molar-refractivity contribution < 1.29 is 4.74 Å². The molecular weight excluding hydrogens is 494 g/mol. The highest BCUT2D eigenvalue weighted by Gasteiger charge is 2.33. The Morgan fingerprint density at radius 2 is 1.41 bits per heavy atom. The molecule has 0 fully saturated rings. The first-order valence-electron chi connectivity index (χ1n) is 13.4. The van der Waals surface area contributed by atoms with Crippen molar-refractivity contribution in [1.29, 1.82) is 0 Å². The molecule has 0 bridgehead atoms. The van der Waals surface area contributed by atoms with Crippen LogP contribution in [0.1, 0.15) is 17.0 Å². The van der Waals surface area contributed by atoms with E-state index in [0.717, 1.165) is 5.75 Å². The Labute approximate surface area is 229 Å². The van der Waals surface area contributed by atoms with Crippen LogP contribution in [0.5, 0.6) is 5.75 Å². The summed E-state index contributed by atoms with van der Waals surface area (Å²) in [5.74, 6) is 1.28. The predicted octanol–water partition coefficient (Wildman–Crippen LogP) is 9.65. The summed E-state index contributed by atoms with van der Waals surface area (Å²) in [5, 5.41) is 5.21. The number of fused-ring (bicyclic) bond motifs is 9. The van der Waals surface area contributed by atoms with Crippen LogP contribution >= 0.6 is 11.3 Å². The van der Waals surface area contributed by atoms with E-state index in [1.807, 2.05) is 17.4 Å². The molecule has 0 radical (unpaired) electrons. The maximum Gasteiger partial charge on any atom is 0.128 e. The molecule has 2 aromatic heterocycles. The van der Waals surface area contributed by atoms with E-state index in [1.165, 1.54) is 64.4 Å². The van der Waals surface area contributed by atoms with Crippen molar-refractivity contribution in [1.82, 2.24) is 4.57 Å². The number of thiophene rings is 1. The molecule has 1 aliphatic carbocycles. The molecule has 0 spiro atoms. The summed E-state index contributed by atoms with van der Waals surface area (Å²) in [6.07, 6.45) is 6.92. The lowest BCUT2D eigenvalue weighted by Gasteiger charge is -2.18. The number of nitrogens with zero attached hydrogens (tertiary/aromatic N) is 1. The zero-order valence-corrected chi connectivity index (χ0v) is 21.9. The number of allylic oxidation sites excluding steroid dienone is 2. The molecule has 1 aliphatic heterocycles. The maximum absolute atomic E-state index is 6.17. The molecule has 184 valence electrons. The lowest BCUT2D eigenvalue weighted by molar-refractivity contribution is 0.269. The van der Waals surface area contributed by atoms with Crippen molar-refractivity contribution in [3.8, 4) is 11.4 Å².